The number of sulfone groups is 1. The smallest absolute Gasteiger partial charge is 0.327 e. The van der Waals surface area contributed by atoms with Crippen LogP contribution in [0.4, 0.5) is 4.79 Å². The minimum atomic E-state index is -3.17. The first-order valence-corrected chi connectivity index (χ1v) is 9.71. The average Bonchev–Trinajstić information content (AvgIpc) is 2.78. The molecule has 2 atom stereocenters. The molecule has 0 aromatic rings. The second-order valence-electron chi connectivity index (χ2n) is 5.56. The lowest BCUT2D eigenvalue weighted by molar-refractivity contribution is -0.141. The third-order valence-electron chi connectivity index (χ3n) is 3.24. The maximum absolute atomic E-state index is 12.5. The van der Waals surface area contributed by atoms with Crippen LogP contribution in [0, 0.1) is 5.92 Å². The molecule has 1 saturated heterocycles. The third kappa shape index (κ3) is 4.77. The van der Waals surface area contributed by atoms with Crippen LogP contribution in [0.25, 0.3) is 0 Å². The van der Waals surface area contributed by atoms with Gasteiger partial charge in [-0.15, -0.1) is 11.8 Å². The molecule has 1 aliphatic rings. The van der Waals surface area contributed by atoms with Crippen molar-refractivity contribution in [3.63, 3.8) is 0 Å². The van der Waals surface area contributed by atoms with Crippen molar-refractivity contribution in [3.8, 4) is 0 Å². The summed E-state index contributed by atoms with van der Waals surface area (Å²) in [6, 6.07) is -1.30. The van der Waals surface area contributed by atoms with Crippen LogP contribution in [-0.4, -0.2) is 78.1 Å². The molecule has 0 aliphatic carbocycles. The van der Waals surface area contributed by atoms with Crippen LogP contribution >= 0.6 is 11.8 Å². The van der Waals surface area contributed by atoms with Gasteiger partial charge < -0.3 is 10.0 Å². The zero-order valence-electron chi connectivity index (χ0n) is 12.6. The van der Waals surface area contributed by atoms with Crippen LogP contribution in [0.3, 0.4) is 0 Å². The molecule has 1 heterocycles. The number of carbonyl (C=O) groups is 2. The first kappa shape index (κ1) is 18.1. The zero-order valence-corrected chi connectivity index (χ0v) is 14.3. The highest BCUT2D eigenvalue weighted by Crippen LogP contribution is 2.34. The molecule has 0 aromatic carbocycles. The first-order chi connectivity index (χ1) is 9.54. The molecule has 0 radical (unpaired) electrons. The Bertz CT molecular complexity index is 506. The summed E-state index contributed by atoms with van der Waals surface area (Å²) in [5.41, 5.74) is 0. The minimum absolute atomic E-state index is 0.0516. The summed E-state index contributed by atoms with van der Waals surface area (Å²) in [6.45, 7) is 3.91. The van der Waals surface area contributed by atoms with E-state index in [4.69, 9.17) is 0 Å². The largest absolute Gasteiger partial charge is 0.480 e. The summed E-state index contributed by atoms with van der Waals surface area (Å²) >= 11 is 1.44. The molecule has 1 rings (SSSR count). The van der Waals surface area contributed by atoms with E-state index in [1.807, 2.05) is 13.8 Å². The lowest BCUT2D eigenvalue weighted by Crippen LogP contribution is -2.52. The third-order valence-corrected chi connectivity index (χ3v) is 5.78. The van der Waals surface area contributed by atoms with Crippen molar-refractivity contribution >= 4 is 33.6 Å². The lowest BCUT2D eigenvalue weighted by atomic mass is 10.1. The molecule has 2 amide bonds. The van der Waals surface area contributed by atoms with E-state index >= 15 is 0 Å². The Hall–Kier alpha value is -0.960. The number of urea groups is 1. The van der Waals surface area contributed by atoms with Gasteiger partial charge in [0.05, 0.1) is 11.1 Å². The molecule has 7 nitrogen and oxygen atoms in total. The SMILES string of the molecule is CC(C)C1SCC(C(=O)O)N1C(=O)N(C)CCS(C)(=O)=O. The summed E-state index contributed by atoms with van der Waals surface area (Å²) in [7, 11) is -1.68. The Morgan fingerprint density at radius 2 is 2.00 bits per heavy atom. The maximum Gasteiger partial charge on any atom is 0.327 e. The number of nitrogens with zero attached hydrogens (tertiary/aromatic N) is 2. The van der Waals surface area contributed by atoms with Crippen molar-refractivity contribution in [1.29, 1.82) is 0 Å². The van der Waals surface area contributed by atoms with Crippen molar-refractivity contribution in [3.05, 3.63) is 0 Å². The zero-order chi connectivity index (χ0) is 16.4. The molecule has 1 aliphatic heterocycles. The van der Waals surface area contributed by atoms with Gasteiger partial charge in [-0.25, -0.2) is 18.0 Å². The maximum atomic E-state index is 12.5. The van der Waals surface area contributed by atoms with E-state index < -0.39 is 27.9 Å². The molecule has 0 spiro atoms. The highest BCUT2D eigenvalue weighted by molar-refractivity contribution is 8.00. The molecule has 1 fully saturated rings. The fourth-order valence-electron chi connectivity index (χ4n) is 2.07. The van der Waals surface area contributed by atoms with E-state index in [0.717, 1.165) is 6.26 Å². The van der Waals surface area contributed by atoms with Crippen LogP contribution in [0.1, 0.15) is 13.8 Å². The van der Waals surface area contributed by atoms with E-state index in [1.165, 1.54) is 28.6 Å². The molecule has 21 heavy (non-hydrogen) atoms. The van der Waals surface area contributed by atoms with E-state index in [9.17, 15) is 23.1 Å². The Morgan fingerprint density at radius 1 is 1.43 bits per heavy atom. The van der Waals surface area contributed by atoms with Crippen molar-refractivity contribution in [2.24, 2.45) is 5.92 Å². The molecule has 0 saturated carbocycles. The van der Waals surface area contributed by atoms with E-state index in [0.29, 0.717) is 5.75 Å². The van der Waals surface area contributed by atoms with Gasteiger partial charge in [0.2, 0.25) is 0 Å². The highest BCUT2D eigenvalue weighted by atomic mass is 32.2. The number of carboxylic acid groups (broad SMARTS) is 1. The van der Waals surface area contributed by atoms with Crippen LogP contribution in [0.5, 0.6) is 0 Å². The van der Waals surface area contributed by atoms with Gasteiger partial charge in [-0.2, -0.15) is 0 Å². The van der Waals surface area contributed by atoms with Gasteiger partial charge in [0.15, 0.2) is 0 Å². The monoisotopic (exact) mass is 338 g/mol. The van der Waals surface area contributed by atoms with E-state index in [1.54, 1.807) is 0 Å². The Kier molecular flexibility index (Phi) is 5.92. The number of thioether (sulfide) groups is 1. The quantitative estimate of drug-likeness (QED) is 0.787. The van der Waals surface area contributed by atoms with E-state index in [-0.39, 0.29) is 23.6 Å². The molecular weight excluding hydrogens is 316 g/mol. The predicted molar refractivity (Wildman–Crippen MR) is 82.1 cm³/mol. The Balaban J connectivity index is 2.86. The van der Waals surface area contributed by atoms with Gasteiger partial charge >= 0.3 is 12.0 Å². The topological polar surface area (TPSA) is 95.0 Å². The fraction of sp³-hybridized carbons (Fsp3) is 0.833. The summed E-state index contributed by atoms with van der Waals surface area (Å²) in [5.74, 6) is -0.702. The van der Waals surface area contributed by atoms with Gasteiger partial charge in [-0.1, -0.05) is 13.8 Å². The summed E-state index contributed by atoms with van der Waals surface area (Å²) in [5, 5.41) is 9.04. The molecule has 2 unspecified atom stereocenters. The van der Waals surface area contributed by atoms with Crippen LogP contribution in [0.2, 0.25) is 0 Å². The summed E-state index contributed by atoms with van der Waals surface area (Å²) in [6.07, 6.45) is 1.11. The van der Waals surface area contributed by atoms with Crippen LogP contribution < -0.4 is 0 Å². The van der Waals surface area contributed by atoms with Crippen molar-refractivity contribution < 1.29 is 23.1 Å². The second-order valence-corrected chi connectivity index (χ2v) is 8.97. The second kappa shape index (κ2) is 6.87. The normalized spacial score (nSPS) is 22.6. The number of aliphatic carboxylic acids is 1. The highest BCUT2D eigenvalue weighted by Gasteiger charge is 2.43. The van der Waals surface area contributed by atoms with Gasteiger partial charge in [-0.05, 0) is 5.92 Å². The average molecular weight is 338 g/mol. The predicted octanol–water partition coefficient (Wildman–Crippen LogP) is 0.567. The first-order valence-electron chi connectivity index (χ1n) is 6.60. The van der Waals surface area contributed by atoms with Gasteiger partial charge in [0, 0.05) is 25.6 Å². The van der Waals surface area contributed by atoms with Crippen molar-refractivity contribution in [2.75, 3.05) is 31.4 Å². The standard InChI is InChI=1S/C12H22N2O5S2/c1-8(2)10-14(9(7-20-10)11(15)16)12(17)13(3)5-6-21(4,18)19/h8-10H,5-7H2,1-4H3,(H,15,16). The number of carbonyl (C=O) groups excluding carboxylic acids is 1. The van der Waals surface area contributed by atoms with Gasteiger partial charge in [-0.3, -0.25) is 4.90 Å². The molecule has 0 bridgehead atoms. The van der Waals surface area contributed by atoms with Crippen molar-refractivity contribution in [2.45, 2.75) is 25.3 Å². The molecular formula is C12H22N2O5S2. The van der Waals surface area contributed by atoms with Crippen molar-refractivity contribution in [1.82, 2.24) is 9.80 Å². The summed E-state index contributed by atoms with van der Waals surface area (Å²) < 4.78 is 22.3. The van der Waals surface area contributed by atoms with Gasteiger partial charge in [0.1, 0.15) is 15.9 Å². The van der Waals surface area contributed by atoms with Gasteiger partial charge in [0.25, 0.3) is 0 Å². The molecule has 122 valence electrons. The van der Waals surface area contributed by atoms with Crippen LogP contribution in [-0.2, 0) is 14.6 Å². The fourth-order valence-corrected chi connectivity index (χ4v) is 4.14. The minimum Gasteiger partial charge on any atom is -0.480 e. The number of hydrogen-bond donors (Lipinski definition) is 1. The Labute approximate surface area is 129 Å². The lowest BCUT2D eigenvalue weighted by Gasteiger charge is -2.33. The van der Waals surface area contributed by atoms with E-state index in [2.05, 4.69) is 0 Å². The number of carboxylic acids is 1. The molecule has 1 N–H and O–H groups in total. The number of amides is 2. The van der Waals surface area contributed by atoms with Crippen LogP contribution in [0.15, 0.2) is 0 Å². The number of hydrogen-bond acceptors (Lipinski definition) is 5. The summed E-state index contributed by atoms with van der Waals surface area (Å²) in [4.78, 5) is 26.4. The Morgan fingerprint density at radius 3 is 2.43 bits per heavy atom. The number of rotatable bonds is 5. The molecule has 0 aromatic heterocycles. The molecule has 9 heteroatoms.